The first kappa shape index (κ1) is 13.8. The molecule has 0 unspecified atom stereocenters. The Hall–Kier alpha value is -1.63. The number of rotatable bonds is 4. The molecule has 0 saturated heterocycles. The Labute approximate surface area is 125 Å². The average molecular weight is 372 g/mol. The SMILES string of the molecule is COc1ccc(Oc2cc(O)ccc2I)cc1OC. The first-order chi connectivity index (χ1) is 9.13. The molecular weight excluding hydrogens is 359 g/mol. The topological polar surface area (TPSA) is 47.9 Å². The molecule has 2 aromatic rings. The highest BCUT2D eigenvalue weighted by Gasteiger charge is 2.08. The third-order valence-corrected chi connectivity index (χ3v) is 3.39. The summed E-state index contributed by atoms with van der Waals surface area (Å²) in [5.74, 6) is 2.60. The van der Waals surface area contributed by atoms with Crippen LogP contribution in [0, 0.1) is 3.57 Å². The number of ether oxygens (including phenoxy) is 3. The lowest BCUT2D eigenvalue weighted by Gasteiger charge is -2.11. The van der Waals surface area contributed by atoms with Gasteiger partial charge in [0.05, 0.1) is 17.8 Å². The van der Waals surface area contributed by atoms with Crippen LogP contribution in [0.25, 0.3) is 0 Å². The molecule has 2 rings (SSSR count). The molecule has 0 saturated carbocycles. The standard InChI is InChI=1S/C14H13IO4/c1-17-12-6-4-10(8-14(12)18-2)19-13-7-9(16)3-5-11(13)15/h3-8,16H,1-2H3. The molecule has 0 fully saturated rings. The fourth-order valence-corrected chi connectivity index (χ4v) is 2.02. The zero-order valence-corrected chi connectivity index (χ0v) is 12.7. The number of hydrogen-bond donors (Lipinski definition) is 1. The summed E-state index contributed by atoms with van der Waals surface area (Å²) in [6.45, 7) is 0. The summed E-state index contributed by atoms with van der Waals surface area (Å²) >= 11 is 2.14. The molecule has 0 atom stereocenters. The molecule has 0 aliphatic carbocycles. The Morgan fingerprint density at radius 1 is 0.895 bits per heavy atom. The van der Waals surface area contributed by atoms with Gasteiger partial charge in [0.1, 0.15) is 17.2 Å². The molecule has 100 valence electrons. The third kappa shape index (κ3) is 3.23. The van der Waals surface area contributed by atoms with Gasteiger partial charge >= 0.3 is 0 Å². The van der Waals surface area contributed by atoms with Crippen LogP contribution in [0.5, 0.6) is 28.7 Å². The van der Waals surface area contributed by atoms with E-state index in [4.69, 9.17) is 14.2 Å². The van der Waals surface area contributed by atoms with E-state index in [9.17, 15) is 5.11 Å². The van der Waals surface area contributed by atoms with Gasteiger partial charge < -0.3 is 19.3 Å². The van der Waals surface area contributed by atoms with Crippen molar-refractivity contribution in [1.82, 2.24) is 0 Å². The molecule has 0 amide bonds. The van der Waals surface area contributed by atoms with Crippen LogP contribution < -0.4 is 14.2 Å². The summed E-state index contributed by atoms with van der Waals surface area (Å²) in [6.07, 6.45) is 0. The number of phenols is 1. The highest BCUT2D eigenvalue weighted by atomic mass is 127. The number of hydrogen-bond acceptors (Lipinski definition) is 4. The Balaban J connectivity index is 2.30. The lowest BCUT2D eigenvalue weighted by molar-refractivity contribution is 0.352. The van der Waals surface area contributed by atoms with E-state index < -0.39 is 0 Å². The van der Waals surface area contributed by atoms with Gasteiger partial charge in [-0.2, -0.15) is 0 Å². The van der Waals surface area contributed by atoms with E-state index in [0.29, 0.717) is 23.0 Å². The largest absolute Gasteiger partial charge is 0.508 e. The van der Waals surface area contributed by atoms with Crippen LogP contribution in [0.2, 0.25) is 0 Å². The molecule has 1 N–H and O–H groups in total. The zero-order chi connectivity index (χ0) is 13.8. The minimum Gasteiger partial charge on any atom is -0.508 e. The first-order valence-electron chi connectivity index (χ1n) is 5.52. The van der Waals surface area contributed by atoms with E-state index in [1.807, 2.05) is 0 Å². The summed E-state index contributed by atoms with van der Waals surface area (Å²) in [7, 11) is 3.15. The predicted octanol–water partition coefficient (Wildman–Crippen LogP) is 3.81. The van der Waals surface area contributed by atoms with Crippen molar-refractivity contribution >= 4 is 22.6 Å². The maximum absolute atomic E-state index is 9.47. The summed E-state index contributed by atoms with van der Waals surface area (Å²) in [5, 5.41) is 9.47. The lowest BCUT2D eigenvalue weighted by atomic mass is 10.3. The molecule has 0 spiro atoms. The minimum absolute atomic E-state index is 0.163. The summed E-state index contributed by atoms with van der Waals surface area (Å²) in [6, 6.07) is 10.2. The normalized spacial score (nSPS) is 10.1. The van der Waals surface area contributed by atoms with E-state index in [1.54, 1.807) is 50.6 Å². The van der Waals surface area contributed by atoms with Crippen LogP contribution in [-0.4, -0.2) is 19.3 Å². The predicted molar refractivity (Wildman–Crippen MR) is 80.4 cm³/mol. The minimum atomic E-state index is 0.163. The second kappa shape index (κ2) is 6.01. The van der Waals surface area contributed by atoms with Crippen LogP contribution in [0.1, 0.15) is 0 Å². The van der Waals surface area contributed by atoms with Gasteiger partial charge in [0.2, 0.25) is 0 Å². The highest BCUT2D eigenvalue weighted by Crippen LogP contribution is 2.35. The van der Waals surface area contributed by atoms with E-state index in [0.717, 1.165) is 3.57 Å². The molecule has 0 aliphatic rings. The van der Waals surface area contributed by atoms with E-state index >= 15 is 0 Å². The monoisotopic (exact) mass is 372 g/mol. The van der Waals surface area contributed by atoms with Crippen LogP contribution in [-0.2, 0) is 0 Å². The summed E-state index contributed by atoms with van der Waals surface area (Å²) < 4.78 is 17.0. The van der Waals surface area contributed by atoms with Crippen LogP contribution in [0.3, 0.4) is 0 Å². The van der Waals surface area contributed by atoms with Gasteiger partial charge in [-0.1, -0.05) is 0 Å². The number of phenolic OH excluding ortho intramolecular Hbond substituents is 1. The second-order valence-corrected chi connectivity index (χ2v) is 4.90. The van der Waals surface area contributed by atoms with Gasteiger partial charge in [0.25, 0.3) is 0 Å². The van der Waals surface area contributed by atoms with Gasteiger partial charge in [-0.3, -0.25) is 0 Å². The van der Waals surface area contributed by atoms with Gasteiger partial charge in [-0.15, -0.1) is 0 Å². The first-order valence-corrected chi connectivity index (χ1v) is 6.60. The lowest BCUT2D eigenvalue weighted by Crippen LogP contribution is -1.92. The molecule has 0 radical (unpaired) electrons. The molecule has 0 aromatic heterocycles. The average Bonchev–Trinajstić information content (AvgIpc) is 2.42. The maximum Gasteiger partial charge on any atom is 0.164 e. The summed E-state index contributed by atoms with van der Waals surface area (Å²) in [5.41, 5.74) is 0. The van der Waals surface area contributed by atoms with Gasteiger partial charge in [0, 0.05) is 12.1 Å². The second-order valence-electron chi connectivity index (χ2n) is 3.73. The van der Waals surface area contributed by atoms with E-state index in [-0.39, 0.29) is 5.75 Å². The van der Waals surface area contributed by atoms with Gasteiger partial charge in [0.15, 0.2) is 11.5 Å². The van der Waals surface area contributed by atoms with Gasteiger partial charge in [-0.05, 0) is 46.9 Å². The molecule has 4 nitrogen and oxygen atoms in total. The Morgan fingerprint density at radius 3 is 2.32 bits per heavy atom. The highest BCUT2D eigenvalue weighted by molar-refractivity contribution is 14.1. The smallest absolute Gasteiger partial charge is 0.164 e. The molecule has 0 aliphatic heterocycles. The van der Waals surface area contributed by atoms with Crippen molar-refractivity contribution in [1.29, 1.82) is 0 Å². The number of aromatic hydroxyl groups is 1. The molecule has 5 heteroatoms. The van der Waals surface area contributed by atoms with Crippen molar-refractivity contribution in [3.63, 3.8) is 0 Å². The molecule has 19 heavy (non-hydrogen) atoms. The Bertz CT molecular complexity index is 584. The van der Waals surface area contributed by atoms with Crippen molar-refractivity contribution < 1.29 is 19.3 Å². The van der Waals surface area contributed by atoms with Crippen LogP contribution in [0.15, 0.2) is 36.4 Å². The maximum atomic E-state index is 9.47. The number of benzene rings is 2. The van der Waals surface area contributed by atoms with Crippen molar-refractivity contribution in [3.8, 4) is 28.7 Å². The molecular formula is C14H13IO4. The van der Waals surface area contributed by atoms with Crippen molar-refractivity contribution in [3.05, 3.63) is 40.0 Å². The molecule has 2 aromatic carbocycles. The quantitative estimate of drug-likeness (QED) is 0.830. The van der Waals surface area contributed by atoms with Crippen molar-refractivity contribution in [2.75, 3.05) is 14.2 Å². The van der Waals surface area contributed by atoms with Gasteiger partial charge in [-0.25, -0.2) is 0 Å². The van der Waals surface area contributed by atoms with Crippen LogP contribution >= 0.6 is 22.6 Å². The third-order valence-electron chi connectivity index (χ3n) is 2.50. The number of methoxy groups -OCH3 is 2. The summed E-state index contributed by atoms with van der Waals surface area (Å²) in [4.78, 5) is 0. The Morgan fingerprint density at radius 2 is 1.63 bits per heavy atom. The zero-order valence-electron chi connectivity index (χ0n) is 10.5. The van der Waals surface area contributed by atoms with Crippen molar-refractivity contribution in [2.45, 2.75) is 0 Å². The van der Waals surface area contributed by atoms with E-state index in [2.05, 4.69) is 22.6 Å². The Kier molecular flexibility index (Phi) is 4.36. The van der Waals surface area contributed by atoms with Crippen LogP contribution in [0.4, 0.5) is 0 Å². The number of halogens is 1. The fraction of sp³-hybridized carbons (Fsp3) is 0.143. The van der Waals surface area contributed by atoms with Crippen molar-refractivity contribution in [2.24, 2.45) is 0 Å². The molecule has 0 bridgehead atoms. The van der Waals surface area contributed by atoms with E-state index in [1.165, 1.54) is 0 Å². The fourth-order valence-electron chi connectivity index (χ4n) is 1.58. The molecule has 0 heterocycles.